The van der Waals surface area contributed by atoms with Crippen molar-refractivity contribution in [2.45, 2.75) is 70.6 Å². The van der Waals surface area contributed by atoms with Crippen LogP contribution >= 0.6 is 0 Å². The molecule has 1 aromatic carbocycles. The van der Waals surface area contributed by atoms with Gasteiger partial charge in [-0.15, -0.1) is 0 Å². The number of benzene rings is 1. The van der Waals surface area contributed by atoms with Gasteiger partial charge in [0.15, 0.2) is 0 Å². The predicted octanol–water partition coefficient (Wildman–Crippen LogP) is 4.68. The molecule has 1 fully saturated rings. The Labute approximate surface area is 141 Å². The molecular weight excluding hydrogens is 284 g/mol. The normalized spacial score (nSPS) is 21.7. The van der Waals surface area contributed by atoms with E-state index in [1.54, 1.807) is 0 Å². The molecule has 0 bridgehead atoms. The van der Waals surface area contributed by atoms with Crippen LogP contribution in [0.15, 0.2) is 24.3 Å². The van der Waals surface area contributed by atoms with Crippen LogP contribution in [-0.2, 0) is 6.42 Å². The lowest BCUT2D eigenvalue weighted by Crippen LogP contribution is -2.13. The standard InChI is InChI=1S/C21H34O2/c1-2-3-4-17-7-11-20(12-8-17)21-13-9-18(10-14-21)5-6-19(15-22)16-23/h9-10,13-14,17,19-20,22-23H,2-8,11-12,15-16H2,1H3. The Morgan fingerprint density at radius 2 is 1.65 bits per heavy atom. The molecule has 0 atom stereocenters. The second kappa shape index (κ2) is 10.1. The van der Waals surface area contributed by atoms with Gasteiger partial charge in [-0.3, -0.25) is 0 Å². The van der Waals surface area contributed by atoms with Gasteiger partial charge in [-0.1, -0.05) is 50.5 Å². The molecule has 1 aromatic rings. The molecule has 1 aliphatic rings. The van der Waals surface area contributed by atoms with Crippen LogP contribution < -0.4 is 0 Å². The lowest BCUT2D eigenvalue weighted by Gasteiger charge is -2.29. The summed E-state index contributed by atoms with van der Waals surface area (Å²) in [6.07, 6.45) is 11.5. The Kier molecular flexibility index (Phi) is 8.11. The summed E-state index contributed by atoms with van der Waals surface area (Å²) >= 11 is 0. The second-order valence-electron chi connectivity index (χ2n) is 7.37. The van der Waals surface area contributed by atoms with Crippen molar-refractivity contribution in [1.29, 1.82) is 0 Å². The molecule has 0 amide bonds. The Balaban J connectivity index is 1.79. The summed E-state index contributed by atoms with van der Waals surface area (Å²) in [4.78, 5) is 0. The van der Waals surface area contributed by atoms with Crippen molar-refractivity contribution in [2.75, 3.05) is 13.2 Å². The lowest BCUT2D eigenvalue weighted by molar-refractivity contribution is 0.144. The van der Waals surface area contributed by atoms with Crippen molar-refractivity contribution < 1.29 is 10.2 Å². The van der Waals surface area contributed by atoms with E-state index in [2.05, 4.69) is 31.2 Å². The molecule has 0 spiro atoms. The van der Waals surface area contributed by atoms with Crippen molar-refractivity contribution >= 4 is 0 Å². The minimum atomic E-state index is 0.0214. The van der Waals surface area contributed by atoms with Crippen molar-refractivity contribution in [3.63, 3.8) is 0 Å². The van der Waals surface area contributed by atoms with Gasteiger partial charge in [-0.2, -0.15) is 0 Å². The van der Waals surface area contributed by atoms with Crippen molar-refractivity contribution in [3.05, 3.63) is 35.4 Å². The van der Waals surface area contributed by atoms with Crippen molar-refractivity contribution in [1.82, 2.24) is 0 Å². The molecule has 2 rings (SSSR count). The Morgan fingerprint density at radius 3 is 2.22 bits per heavy atom. The van der Waals surface area contributed by atoms with E-state index in [0.717, 1.165) is 24.7 Å². The molecule has 0 aromatic heterocycles. The molecule has 2 N–H and O–H groups in total. The maximum Gasteiger partial charge on any atom is 0.0481 e. The van der Waals surface area contributed by atoms with E-state index in [1.165, 1.54) is 56.1 Å². The SMILES string of the molecule is CCCCC1CCC(c2ccc(CCC(CO)CO)cc2)CC1. The molecule has 0 saturated heterocycles. The second-order valence-corrected chi connectivity index (χ2v) is 7.37. The smallest absolute Gasteiger partial charge is 0.0481 e. The summed E-state index contributed by atoms with van der Waals surface area (Å²) in [5, 5.41) is 18.3. The molecule has 2 heteroatoms. The molecular formula is C21H34O2. The Morgan fingerprint density at radius 1 is 1.00 bits per heavy atom. The van der Waals surface area contributed by atoms with Gasteiger partial charge in [0, 0.05) is 19.1 Å². The van der Waals surface area contributed by atoms with E-state index in [0.29, 0.717) is 0 Å². The fourth-order valence-corrected chi connectivity index (χ4v) is 3.84. The predicted molar refractivity (Wildman–Crippen MR) is 96.6 cm³/mol. The topological polar surface area (TPSA) is 40.5 Å². The number of unbranched alkanes of at least 4 members (excludes halogenated alkanes) is 1. The molecule has 0 aliphatic heterocycles. The summed E-state index contributed by atoms with van der Waals surface area (Å²) in [6.45, 7) is 2.45. The van der Waals surface area contributed by atoms with E-state index in [-0.39, 0.29) is 19.1 Å². The first-order valence-corrected chi connectivity index (χ1v) is 9.57. The largest absolute Gasteiger partial charge is 0.396 e. The highest BCUT2D eigenvalue weighted by atomic mass is 16.3. The van der Waals surface area contributed by atoms with Gasteiger partial charge >= 0.3 is 0 Å². The highest BCUT2D eigenvalue weighted by Crippen LogP contribution is 2.37. The van der Waals surface area contributed by atoms with E-state index >= 15 is 0 Å². The third kappa shape index (κ3) is 5.93. The quantitative estimate of drug-likeness (QED) is 0.694. The summed E-state index contributed by atoms with van der Waals surface area (Å²) in [6, 6.07) is 9.09. The first-order chi connectivity index (χ1) is 11.3. The summed E-state index contributed by atoms with van der Waals surface area (Å²) in [7, 11) is 0. The molecule has 0 unspecified atom stereocenters. The zero-order chi connectivity index (χ0) is 16.5. The van der Waals surface area contributed by atoms with Gasteiger partial charge in [0.1, 0.15) is 0 Å². The molecule has 0 heterocycles. The number of rotatable bonds is 9. The maximum atomic E-state index is 9.13. The molecule has 2 nitrogen and oxygen atoms in total. The van der Waals surface area contributed by atoms with Crippen LogP contribution in [0.4, 0.5) is 0 Å². The number of aryl methyl sites for hydroxylation is 1. The number of aliphatic hydroxyl groups is 2. The van der Waals surface area contributed by atoms with Crippen LogP contribution in [0.2, 0.25) is 0 Å². The summed E-state index contributed by atoms with van der Waals surface area (Å²) in [5.74, 6) is 1.75. The van der Waals surface area contributed by atoms with E-state index in [9.17, 15) is 0 Å². The van der Waals surface area contributed by atoms with Gasteiger partial charge < -0.3 is 10.2 Å². The minimum Gasteiger partial charge on any atom is -0.396 e. The fraction of sp³-hybridized carbons (Fsp3) is 0.714. The fourth-order valence-electron chi connectivity index (χ4n) is 3.84. The lowest BCUT2D eigenvalue weighted by atomic mass is 9.77. The van der Waals surface area contributed by atoms with Crippen LogP contribution in [0.5, 0.6) is 0 Å². The monoisotopic (exact) mass is 318 g/mol. The average molecular weight is 319 g/mol. The van der Waals surface area contributed by atoms with Crippen molar-refractivity contribution in [2.24, 2.45) is 11.8 Å². The van der Waals surface area contributed by atoms with E-state index < -0.39 is 0 Å². The van der Waals surface area contributed by atoms with Gasteiger partial charge in [0.2, 0.25) is 0 Å². The number of hydrogen-bond acceptors (Lipinski definition) is 2. The molecule has 23 heavy (non-hydrogen) atoms. The van der Waals surface area contributed by atoms with Crippen molar-refractivity contribution in [3.8, 4) is 0 Å². The third-order valence-corrected chi connectivity index (χ3v) is 5.62. The highest BCUT2D eigenvalue weighted by molar-refractivity contribution is 5.26. The first kappa shape index (κ1) is 18.5. The molecule has 130 valence electrons. The van der Waals surface area contributed by atoms with Crippen LogP contribution in [0.3, 0.4) is 0 Å². The number of hydrogen-bond donors (Lipinski definition) is 2. The summed E-state index contributed by atoms with van der Waals surface area (Å²) < 4.78 is 0. The van der Waals surface area contributed by atoms with Gasteiger partial charge in [-0.25, -0.2) is 0 Å². The van der Waals surface area contributed by atoms with Crippen LogP contribution in [0, 0.1) is 11.8 Å². The molecule has 0 radical (unpaired) electrons. The van der Waals surface area contributed by atoms with Gasteiger partial charge in [0.05, 0.1) is 0 Å². The molecule has 1 saturated carbocycles. The van der Waals surface area contributed by atoms with Crippen LogP contribution in [0.25, 0.3) is 0 Å². The Hall–Kier alpha value is -0.860. The zero-order valence-corrected chi connectivity index (χ0v) is 14.7. The molecule has 1 aliphatic carbocycles. The zero-order valence-electron chi connectivity index (χ0n) is 14.7. The highest BCUT2D eigenvalue weighted by Gasteiger charge is 2.21. The third-order valence-electron chi connectivity index (χ3n) is 5.62. The first-order valence-electron chi connectivity index (χ1n) is 9.57. The van der Waals surface area contributed by atoms with E-state index in [4.69, 9.17) is 10.2 Å². The Bertz CT molecular complexity index is 414. The summed E-state index contributed by atoms with van der Waals surface area (Å²) in [5.41, 5.74) is 2.82. The van der Waals surface area contributed by atoms with E-state index in [1.807, 2.05) is 0 Å². The average Bonchev–Trinajstić information content (AvgIpc) is 2.62. The number of aliphatic hydroxyl groups excluding tert-OH is 2. The van der Waals surface area contributed by atoms with Crippen LogP contribution in [0.1, 0.15) is 75.3 Å². The van der Waals surface area contributed by atoms with Gasteiger partial charge in [-0.05, 0) is 61.5 Å². The van der Waals surface area contributed by atoms with Crippen LogP contribution in [-0.4, -0.2) is 23.4 Å². The minimum absolute atomic E-state index is 0.0214. The maximum absolute atomic E-state index is 9.13. The van der Waals surface area contributed by atoms with Gasteiger partial charge in [0.25, 0.3) is 0 Å².